The molecule has 0 saturated heterocycles. The number of amides is 2. The van der Waals surface area contributed by atoms with Crippen LogP contribution in [-0.2, 0) is 4.79 Å². The molecule has 0 unspecified atom stereocenters. The highest BCUT2D eigenvalue weighted by Gasteiger charge is 2.10. The second-order valence-electron chi connectivity index (χ2n) is 6.61. The third-order valence-corrected chi connectivity index (χ3v) is 3.79. The number of anilines is 1. The number of nitrogens with one attached hydrogen (secondary N) is 2. The Morgan fingerprint density at radius 2 is 1.85 bits per heavy atom. The van der Waals surface area contributed by atoms with Crippen LogP contribution in [0.4, 0.5) is 5.69 Å². The van der Waals surface area contributed by atoms with E-state index in [2.05, 4.69) is 10.6 Å². The average molecular weight is 365 g/mol. The topological polar surface area (TPSA) is 91.2 Å². The zero-order chi connectivity index (χ0) is 19.8. The third-order valence-electron chi connectivity index (χ3n) is 3.79. The van der Waals surface area contributed by atoms with E-state index in [9.17, 15) is 9.59 Å². The molecule has 0 aromatic heterocycles. The normalized spacial score (nSPS) is 10.2. The molecule has 2 aromatic rings. The van der Waals surface area contributed by atoms with Gasteiger partial charge in [0.05, 0.1) is 11.6 Å². The van der Waals surface area contributed by atoms with E-state index < -0.39 is 0 Å². The first-order chi connectivity index (χ1) is 12.9. The smallest absolute Gasteiger partial charge is 0.262 e. The molecule has 140 valence electrons. The summed E-state index contributed by atoms with van der Waals surface area (Å²) in [5.74, 6) is 0.455. The molecule has 0 fully saturated rings. The molecule has 2 amide bonds. The summed E-state index contributed by atoms with van der Waals surface area (Å²) >= 11 is 0. The molecule has 0 saturated carbocycles. The molecular weight excluding hydrogens is 342 g/mol. The number of aryl methyl sites for hydroxylation is 1. The maximum absolute atomic E-state index is 12.1. The van der Waals surface area contributed by atoms with Crippen LogP contribution >= 0.6 is 0 Å². The van der Waals surface area contributed by atoms with E-state index in [4.69, 9.17) is 10.00 Å². The van der Waals surface area contributed by atoms with Crippen LogP contribution in [0.15, 0.2) is 42.5 Å². The van der Waals surface area contributed by atoms with E-state index in [-0.39, 0.29) is 18.4 Å². The molecule has 2 N–H and O–H groups in total. The lowest BCUT2D eigenvalue weighted by Gasteiger charge is -2.12. The molecule has 0 aliphatic heterocycles. The highest BCUT2D eigenvalue weighted by molar-refractivity contribution is 5.96. The molecule has 2 aromatic carbocycles. The van der Waals surface area contributed by atoms with Gasteiger partial charge in [-0.25, -0.2) is 0 Å². The average Bonchev–Trinajstić information content (AvgIpc) is 2.66. The van der Waals surface area contributed by atoms with E-state index in [0.29, 0.717) is 35.0 Å². The summed E-state index contributed by atoms with van der Waals surface area (Å²) in [7, 11) is 0. The first-order valence-corrected chi connectivity index (χ1v) is 8.70. The highest BCUT2D eigenvalue weighted by Crippen LogP contribution is 2.17. The van der Waals surface area contributed by atoms with E-state index >= 15 is 0 Å². The number of carbonyl (C=O) groups is 2. The van der Waals surface area contributed by atoms with Crippen LogP contribution in [0.5, 0.6) is 5.75 Å². The molecule has 0 bridgehead atoms. The minimum Gasteiger partial charge on any atom is -0.484 e. The van der Waals surface area contributed by atoms with E-state index in [1.165, 1.54) is 0 Å². The van der Waals surface area contributed by atoms with Crippen molar-refractivity contribution >= 4 is 17.5 Å². The van der Waals surface area contributed by atoms with Gasteiger partial charge in [-0.3, -0.25) is 9.59 Å². The van der Waals surface area contributed by atoms with Crippen molar-refractivity contribution in [3.8, 4) is 11.8 Å². The monoisotopic (exact) mass is 365 g/mol. The summed E-state index contributed by atoms with van der Waals surface area (Å²) in [5, 5.41) is 14.4. The van der Waals surface area contributed by atoms with Crippen molar-refractivity contribution in [1.82, 2.24) is 5.32 Å². The number of hydrogen-bond donors (Lipinski definition) is 2. The molecule has 0 heterocycles. The van der Waals surface area contributed by atoms with Gasteiger partial charge >= 0.3 is 0 Å². The lowest BCUT2D eigenvalue weighted by molar-refractivity contribution is -0.118. The quantitative estimate of drug-likeness (QED) is 0.788. The predicted octanol–water partition coefficient (Wildman–Crippen LogP) is 3.27. The Balaban J connectivity index is 1.91. The molecule has 27 heavy (non-hydrogen) atoms. The maximum Gasteiger partial charge on any atom is 0.262 e. The SMILES string of the molecule is Cc1cc(C(=O)NCC(C)C)ccc1NC(=O)COc1ccc(C#N)cc1. The predicted molar refractivity (Wildman–Crippen MR) is 104 cm³/mol. The fraction of sp³-hybridized carbons (Fsp3) is 0.286. The van der Waals surface area contributed by atoms with E-state index in [1.807, 2.05) is 26.8 Å². The second-order valence-corrected chi connectivity index (χ2v) is 6.61. The number of nitriles is 1. The van der Waals surface area contributed by atoms with Gasteiger partial charge in [0.15, 0.2) is 6.61 Å². The third kappa shape index (κ3) is 6.15. The Morgan fingerprint density at radius 3 is 2.44 bits per heavy atom. The Kier molecular flexibility index (Phi) is 6.95. The van der Waals surface area contributed by atoms with Crippen molar-refractivity contribution in [2.24, 2.45) is 5.92 Å². The Bertz CT molecular complexity index is 852. The van der Waals surface area contributed by atoms with Gasteiger partial charge in [0.2, 0.25) is 0 Å². The Morgan fingerprint density at radius 1 is 1.15 bits per heavy atom. The second kappa shape index (κ2) is 9.39. The van der Waals surface area contributed by atoms with Crippen molar-refractivity contribution in [1.29, 1.82) is 5.26 Å². The van der Waals surface area contributed by atoms with Crippen LogP contribution < -0.4 is 15.4 Å². The van der Waals surface area contributed by atoms with Crippen LogP contribution in [0, 0.1) is 24.2 Å². The summed E-state index contributed by atoms with van der Waals surface area (Å²) < 4.78 is 5.41. The number of rotatable bonds is 7. The summed E-state index contributed by atoms with van der Waals surface area (Å²) in [6.45, 7) is 6.36. The molecule has 0 spiro atoms. The summed E-state index contributed by atoms with van der Waals surface area (Å²) in [6, 6.07) is 13.7. The van der Waals surface area contributed by atoms with Gasteiger partial charge in [-0.05, 0) is 60.9 Å². The molecule has 6 heteroatoms. The zero-order valence-electron chi connectivity index (χ0n) is 15.7. The molecule has 6 nitrogen and oxygen atoms in total. The largest absolute Gasteiger partial charge is 0.484 e. The van der Waals surface area contributed by atoms with Crippen LogP contribution in [0.25, 0.3) is 0 Å². The van der Waals surface area contributed by atoms with Gasteiger partial charge in [-0.1, -0.05) is 13.8 Å². The zero-order valence-corrected chi connectivity index (χ0v) is 15.7. The van der Waals surface area contributed by atoms with Gasteiger partial charge in [0.1, 0.15) is 5.75 Å². The van der Waals surface area contributed by atoms with Crippen LogP contribution in [0.1, 0.15) is 35.3 Å². The van der Waals surface area contributed by atoms with Crippen LogP contribution in [0.2, 0.25) is 0 Å². The van der Waals surface area contributed by atoms with Gasteiger partial charge < -0.3 is 15.4 Å². The van der Waals surface area contributed by atoms with Gasteiger partial charge in [0, 0.05) is 17.8 Å². The maximum atomic E-state index is 12.1. The van der Waals surface area contributed by atoms with Crippen molar-refractivity contribution < 1.29 is 14.3 Å². The van der Waals surface area contributed by atoms with E-state index in [1.54, 1.807) is 42.5 Å². The van der Waals surface area contributed by atoms with Crippen molar-refractivity contribution in [3.05, 3.63) is 59.2 Å². The summed E-state index contributed by atoms with van der Waals surface area (Å²) in [5.41, 5.74) is 2.50. The highest BCUT2D eigenvalue weighted by atomic mass is 16.5. The van der Waals surface area contributed by atoms with Crippen molar-refractivity contribution in [2.45, 2.75) is 20.8 Å². The Labute approximate surface area is 159 Å². The summed E-state index contributed by atoms with van der Waals surface area (Å²) in [6.07, 6.45) is 0. The molecule has 0 atom stereocenters. The van der Waals surface area contributed by atoms with Crippen molar-refractivity contribution in [3.63, 3.8) is 0 Å². The first kappa shape index (κ1) is 20.0. The number of benzene rings is 2. The van der Waals surface area contributed by atoms with Crippen LogP contribution in [0.3, 0.4) is 0 Å². The first-order valence-electron chi connectivity index (χ1n) is 8.70. The molecule has 0 aliphatic carbocycles. The van der Waals surface area contributed by atoms with Crippen molar-refractivity contribution in [2.75, 3.05) is 18.5 Å². The van der Waals surface area contributed by atoms with Crippen LogP contribution in [-0.4, -0.2) is 25.0 Å². The Hall–Kier alpha value is -3.33. The number of carbonyl (C=O) groups excluding carboxylic acids is 2. The minimum absolute atomic E-state index is 0.131. The standard InChI is InChI=1S/C21H23N3O3/c1-14(2)12-23-21(26)17-6-9-19(15(3)10-17)24-20(25)13-27-18-7-4-16(11-22)5-8-18/h4-10,14H,12-13H2,1-3H3,(H,23,26)(H,24,25). The lowest BCUT2D eigenvalue weighted by Crippen LogP contribution is -2.27. The molecule has 0 radical (unpaired) electrons. The molecule has 0 aliphatic rings. The minimum atomic E-state index is -0.306. The number of nitrogens with zero attached hydrogens (tertiary/aromatic N) is 1. The van der Waals surface area contributed by atoms with Gasteiger partial charge in [-0.15, -0.1) is 0 Å². The van der Waals surface area contributed by atoms with Gasteiger partial charge in [0.25, 0.3) is 11.8 Å². The van der Waals surface area contributed by atoms with Gasteiger partial charge in [-0.2, -0.15) is 5.26 Å². The summed E-state index contributed by atoms with van der Waals surface area (Å²) in [4.78, 5) is 24.2. The number of hydrogen-bond acceptors (Lipinski definition) is 4. The molecular formula is C21H23N3O3. The molecule has 2 rings (SSSR count). The number of ether oxygens (including phenoxy) is 1. The van der Waals surface area contributed by atoms with E-state index in [0.717, 1.165) is 5.56 Å². The fourth-order valence-electron chi connectivity index (χ4n) is 2.30. The lowest BCUT2D eigenvalue weighted by atomic mass is 10.1. The fourth-order valence-corrected chi connectivity index (χ4v) is 2.30.